The van der Waals surface area contributed by atoms with E-state index in [1.54, 1.807) is 55.5 Å². The molecule has 0 aromatic heterocycles. The fourth-order valence-corrected chi connectivity index (χ4v) is 3.31. The third-order valence-corrected chi connectivity index (χ3v) is 5.06. The highest BCUT2D eigenvalue weighted by molar-refractivity contribution is 6.13. The number of cyclic esters (lactones) is 1. The molecule has 0 spiro atoms. The number of nitrogens with zero attached hydrogens (tertiary/aromatic N) is 2. The van der Waals surface area contributed by atoms with Crippen LogP contribution in [-0.4, -0.2) is 16.8 Å². The summed E-state index contributed by atoms with van der Waals surface area (Å²) < 4.78 is 11.2. The van der Waals surface area contributed by atoms with Gasteiger partial charge in [-0.15, -0.1) is 0 Å². The third kappa shape index (κ3) is 4.88. The van der Waals surface area contributed by atoms with Gasteiger partial charge in [-0.1, -0.05) is 55.1 Å². The second-order valence-electron chi connectivity index (χ2n) is 7.35. The minimum absolute atomic E-state index is 0.0333. The molecule has 1 aliphatic rings. The number of benzene rings is 3. The van der Waals surface area contributed by atoms with Crippen molar-refractivity contribution in [3.8, 4) is 5.75 Å². The Balaban J connectivity index is 1.52. The summed E-state index contributed by atoms with van der Waals surface area (Å²) in [5.41, 5.74) is 2.64. The topological polar surface area (TPSA) is 91.0 Å². The van der Waals surface area contributed by atoms with Crippen LogP contribution in [0.1, 0.15) is 28.4 Å². The highest BCUT2D eigenvalue weighted by atomic mass is 16.6. The molecular formula is C26H20N2O5. The van der Waals surface area contributed by atoms with E-state index < -0.39 is 10.9 Å². The number of hydrogen-bond acceptors (Lipinski definition) is 6. The van der Waals surface area contributed by atoms with E-state index in [0.717, 1.165) is 11.1 Å². The number of ether oxygens (including phenoxy) is 2. The highest BCUT2D eigenvalue weighted by Gasteiger charge is 2.25. The second kappa shape index (κ2) is 9.32. The van der Waals surface area contributed by atoms with Crippen molar-refractivity contribution in [2.45, 2.75) is 13.0 Å². The Labute approximate surface area is 190 Å². The maximum absolute atomic E-state index is 12.3. The number of carbonyl (C=O) groups is 1. The van der Waals surface area contributed by atoms with Crippen molar-refractivity contribution in [3.63, 3.8) is 0 Å². The minimum atomic E-state index is -0.621. The Kier molecular flexibility index (Phi) is 6.13. The summed E-state index contributed by atoms with van der Waals surface area (Å²) in [6.45, 7) is 5.48. The molecule has 3 aromatic rings. The van der Waals surface area contributed by atoms with Gasteiger partial charge in [-0.05, 0) is 48.4 Å². The van der Waals surface area contributed by atoms with Crippen LogP contribution >= 0.6 is 0 Å². The zero-order valence-corrected chi connectivity index (χ0v) is 17.8. The quantitative estimate of drug-likeness (QED) is 0.158. The summed E-state index contributed by atoms with van der Waals surface area (Å²) >= 11 is 0. The normalized spacial score (nSPS) is 15.0. The van der Waals surface area contributed by atoms with Crippen molar-refractivity contribution in [1.82, 2.24) is 0 Å². The third-order valence-electron chi connectivity index (χ3n) is 5.06. The molecule has 1 aliphatic heterocycles. The van der Waals surface area contributed by atoms with Crippen molar-refractivity contribution in [3.05, 3.63) is 124 Å². The summed E-state index contributed by atoms with van der Waals surface area (Å²) in [5, 5.41) is 11.2. The Morgan fingerprint density at radius 1 is 1.09 bits per heavy atom. The molecule has 0 amide bonds. The highest BCUT2D eigenvalue weighted by Crippen LogP contribution is 2.26. The zero-order valence-electron chi connectivity index (χ0n) is 17.8. The van der Waals surface area contributed by atoms with Crippen molar-refractivity contribution < 1.29 is 19.2 Å². The van der Waals surface area contributed by atoms with Crippen molar-refractivity contribution >= 4 is 23.6 Å². The molecule has 0 N–H and O–H groups in total. The Hall–Kier alpha value is -4.52. The van der Waals surface area contributed by atoms with Crippen molar-refractivity contribution in [2.24, 2.45) is 4.99 Å². The van der Waals surface area contributed by atoms with E-state index in [9.17, 15) is 14.9 Å². The van der Waals surface area contributed by atoms with Crippen LogP contribution in [0.25, 0.3) is 6.08 Å². The van der Waals surface area contributed by atoms with Gasteiger partial charge < -0.3 is 9.47 Å². The molecule has 0 saturated heterocycles. The van der Waals surface area contributed by atoms with E-state index in [1.807, 2.05) is 30.3 Å². The van der Waals surface area contributed by atoms with Gasteiger partial charge in [0.1, 0.15) is 11.9 Å². The molecule has 1 atom stereocenters. The summed E-state index contributed by atoms with van der Waals surface area (Å²) in [6, 6.07) is 21.5. The number of aryl methyl sites for hydroxylation is 1. The van der Waals surface area contributed by atoms with Crippen LogP contribution in [0.3, 0.4) is 0 Å². The fourth-order valence-electron chi connectivity index (χ4n) is 3.31. The molecule has 4 rings (SSSR count). The predicted octanol–water partition coefficient (Wildman–Crippen LogP) is 5.55. The summed E-state index contributed by atoms with van der Waals surface area (Å²) in [5.74, 6) is 0.0615. The van der Waals surface area contributed by atoms with Crippen LogP contribution in [0.15, 0.2) is 96.1 Å². The number of nitro benzene ring substituents is 1. The first-order valence-corrected chi connectivity index (χ1v) is 10.2. The number of carbonyl (C=O) groups excluding carboxylic acids is 1. The van der Waals surface area contributed by atoms with E-state index in [4.69, 9.17) is 9.47 Å². The lowest BCUT2D eigenvalue weighted by atomic mass is 10.1. The molecule has 7 heteroatoms. The molecule has 0 bridgehead atoms. The van der Waals surface area contributed by atoms with E-state index >= 15 is 0 Å². The molecule has 7 nitrogen and oxygen atoms in total. The Morgan fingerprint density at radius 2 is 1.82 bits per heavy atom. The Bertz CT molecular complexity index is 1280. The van der Waals surface area contributed by atoms with E-state index in [1.165, 1.54) is 6.07 Å². The van der Waals surface area contributed by atoms with Crippen LogP contribution in [-0.2, 0) is 9.53 Å². The largest absolute Gasteiger partial charge is 0.482 e. The number of rotatable bonds is 7. The van der Waals surface area contributed by atoms with Crippen LogP contribution in [0.2, 0.25) is 0 Å². The summed E-state index contributed by atoms with van der Waals surface area (Å²) in [4.78, 5) is 27.2. The molecule has 0 fully saturated rings. The van der Waals surface area contributed by atoms with Crippen LogP contribution in [0.4, 0.5) is 5.69 Å². The molecule has 1 heterocycles. The van der Waals surface area contributed by atoms with Gasteiger partial charge in [-0.25, -0.2) is 9.79 Å². The number of hydrogen-bond donors (Lipinski definition) is 0. The number of nitro groups is 1. The van der Waals surface area contributed by atoms with Gasteiger partial charge in [0.2, 0.25) is 5.90 Å². The van der Waals surface area contributed by atoms with Gasteiger partial charge >= 0.3 is 5.97 Å². The molecule has 33 heavy (non-hydrogen) atoms. The molecule has 1 unspecified atom stereocenters. The molecule has 0 aliphatic carbocycles. The molecular weight excluding hydrogens is 420 g/mol. The molecule has 3 aromatic carbocycles. The van der Waals surface area contributed by atoms with Gasteiger partial charge in [0, 0.05) is 17.2 Å². The standard InChI is InChI=1S/C26H20N2O5/c1-3-24(19-7-5-4-6-8-19)32-21-13-10-18(11-14-21)15-22-26(29)33-25(27-22)20-12-9-17(2)23(16-20)28(30)31/h3-16,24H,1H2,2H3/b22-15-. The number of esters is 1. The van der Waals surface area contributed by atoms with Crippen LogP contribution in [0, 0.1) is 17.0 Å². The molecule has 0 radical (unpaired) electrons. The summed E-state index contributed by atoms with van der Waals surface area (Å²) in [6.07, 6.45) is 3.03. The molecule has 164 valence electrons. The van der Waals surface area contributed by atoms with Crippen LogP contribution < -0.4 is 4.74 Å². The lowest BCUT2D eigenvalue weighted by Crippen LogP contribution is -2.06. The van der Waals surface area contributed by atoms with Gasteiger partial charge in [0.25, 0.3) is 5.69 Å². The second-order valence-corrected chi connectivity index (χ2v) is 7.35. The van der Waals surface area contributed by atoms with Gasteiger partial charge in [-0.3, -0.25) is 10.1 Å². The first kappa shape index (κ1) is 21.7. The Morgan fingerprint density at radius 3 is 2.48 bits per heavy atom. The first-order valence-electron chi connectivity index (χ1n) is 10.2. The lowest BCUT2D eigenvalue weighted by Gasteiger charge is -2.16. The zero-order chi connectivity index (χ0) is 23.4. The van der Waals surface area contributed by atoms with E-state index in [-0.39, 0.29) is 23.4 Å². The molecule has 0 saturated carbocycles. The van der Waals surface area contributed by atoms with Gasteiger partial charge in [-0.2, -0.15) is 0 Å². The number of aliphatic imine (C=N–C) groups is 1. The van der Waals surface area contributed by atoms with Crippen molar-refractivity contribution in [2.75, 3.05) is 0 Å². The van der Waals surface area contributed by atoms with Crippen LogP contribution in [0.5, 0.6) is 5.75 Å². The SMILES string of the molecule is C=CC(Oc1ccc(/C=C2\N=C(c3ccc(C)c([N+](=O)[O-])c3)OC2=O)cc1)c1ccccc1. The van der Waals surface area contributed by atoms with E-state index in [0.29, 0.717) is 16.9 Å². The average molecular weight is 440 g/mol. The maximum atomic E-state index is 12.3. The summed E-state index contributed by atoms with van der Waals surface area (Å²) in [7, 11) is 0. The van der Waals surface area contributed by atoms with Gasteiger partial charge in [0.15, 0.2) is 5.70 Å². The average Bonchev–Trinajstić information content (AvgIpc) is 3.19. The maximum Gasteiger partial charge on any atom is 0.363 e. The van der Waals surface area contributed by atoms with Crippen molar-refractivity contribution in [1.29, 1.82) is 0 Å². The first-order chi connectivity index (χ1) is 15.9. The minimum Gasteiger partial charge on any atom is -0.482 e. The van der Waals surface area contributed by atoms with E-state index in [2.05, 4.69) is 11.6 Å². The lowest BCUT2D eigenvalue weighted by molar-refractivity contribution is -0.385. The smallest absolute Gasteiger partial charge is 0.363 e. The monoisotopic (exact) mass is 440 g/mol. The van der Waals surface area contributed by atoms with Gasteiger partial charge in [0.05, 0.1) is 4.92 Å². The predicted molar refractivity (Wildman–Crippen MR) is 125 cm³/mol. The fraction of sp³-hybridized carbons (Fsp3) is 0.0769.